The van der Waals surface area contributed by atoms with Crippen LogP contribution in [0.4, 0.5) is 8.78 Å². The molecule has 1 aliphatic heterocycles. The summed E-state index contributed by atoms with van der Waals surface area (Å²) in [5.74, 6) is -0.997. The van der Waals surface area contributed by atoms with Crippen LogP contribution in [0.25, 0.3) is 22.0 Å². The molecule has 0 bridgehead atoms. The zero-order chi connectivity index (χ0) is 28.1. The lowest BCUT2D eigenvalue weighted by atomic mass is 9.86. The summed E-state index contributed by atoms with van der Waals surface area (Å²) in [6, 6.07) is 14.8. The van der Waals surface area contributed by atoms with Crippen molar-refractivity contribution in [3.05, 3.63) is 82.8 Å². The van der Waals surface area contributed by atoms with Crippen molar-refractivity contribution in [3.63, 3.8) is 0 Å². The van der Waals surface area contributed by atoms with Crippen LogP contribution in [0, 0.1) is 5.82 Å². The third-order valence-corrected chi connectivity index (χ3v) is 7.42. The second kappa shape index (κ2) is 10.0. The van der Waals surface area contributed by atoms with E-state index in [0.717, 1.165) is 22.2 Å². The van der Waals surface area contributed by atoms with Crippen molar-refractivity contribution in [2.45, 2.75) is 44.9 Å². The molecule has 4 aromatic rings. The zero-order valence-electron chi connectivity index (χ0n) is 22.6. The Morgan fingerprint density at radius 1 is 1.10 bits per heavy atom. The normalized spacial score (nSPS) is 17.7. The van der Waals surface area contributed by atoms with Crippen molar-refractivity contribution >= 4 is 16.9 Å². The number of para-hydroxylation sites is 1. The number of benzene rings is 3. The van der Waals surface area contributed by atoms with Crippen LogP contribution in [0.3, 0.4) is 0 Å². The van der Waals surface area contributed by atoms with Crippen LogP contribution < -0.4 is 9.47 Å². The van der Waals surface area contributed by atoms with Crippen LogP contribution in [0.2, 0.25) is 0 Å². The number of aromatic nitrogens is 1. The number of alkyl halides is 1. The predicted molar refractivity (Wildman–Crippen MR) is 147 cm³/mol. The molecule has 0 unspecified atom stereocenters. The van der Waals surface area contributed by atoms with Crippen LogP contribution in [0.1, 0.15) is 54.0 Å². The van der Waals surface area contributed by atoms with Gasteiger partial charge in [-0.25, -0.2) is 13.6 Å². The number of ether oxygens (including phenoxy) is 2. The molecule has 5 rings (SSSR count). The van der Waals surface area contributed by atoms with Crippen molar-refractivity contribution in [1.29, 1.82) is 0 Å². The summed E-state index contributed by atoms with van der Waals surface area (Å²) in [6.45, 7) is 5.20. The summed E-state index contributed by atoms with van der Waals surface area (Å²) in [6.07, 6.45) is 0.696. The number of hydrogen-bond donors (Lipinski definition) is 2. The molecule has 39 heavy (non-hydrogen) atoms. The Hall–Kier alpha value is -3.91. The number of carboxylic acids is 1. The fourth-order valence-electron chi connectivity index (χ4n) is 5.74. The van der Waals surface area contributed by atoms with Crippen LogP contribution in [-0.2, 0) is 6.42 Å². The number of rotatable bonds is 7. The smallest absolute Gasteiger partial charge is 0.335 e. The summed E-state index contributed by atoms with van der Waals surface area (Å²) in [7, 11) is 2.92. The Kier molecular flexibility index (Phi) is 6.84. The Morgan fingerprint density at radius 2 is 1.82 bits per heavy atom. The topological polar surface area (TPSA) is 74.8 Å². The highest BCUT2D eigenvalue weighted by Gasteiger charge is 2.41. The average molecular weight is 535 g/mol. The van der Waals surface area contributed by atoms with Gasteiger partial charge in [-0.3, -0.25) is 4.90 Å². The highest BCUT2D eigenvalue weighted by atomic mass is 19.1. The van der Waals surface area contributed by atoms with Crippen LogP contribution in [0.5, 0.6) is 11.5 Å². The Bertz CT molecular complexity index is 1560. The van der Waals surface area contributed by atoms with E-state index in [-0.39, 0.29) is 18.2 Å². The molecule has 0 spiro atoms. The minimum Gasteiger partial charge on any atom is -0.496 e. The molecule has 0 radical (unpaired) electrons. The highest BCUT2D eigenvalue weighted by Crippen LogP contribution is 2.46. The first kappa shape index (κ1) is 26.7. The van der Waals surface area contributed by atoms with Crippen LogP contribution in [0.15, 0.2) is 54.6 Å². The number of carboxylic acid groups (broad SMARTS) is 1. The number of halogens is 2. The van der Waals surface area contributed by atoms with Gasteiger partial charge in [0, 0.05) is 34.7 Å². The molecular weight excluding hydrogens is 502 g/mol. The molecule has 1 aromatic heterocycles. The van der Waals surface area contributed by atoms with E-state index in [1.54, 1.807) is 12.1 Å². The number of hydrogen-bond acceptors (Lipinski definition) is 4. The third kappa shape index (κ3) is 4.85. The zero-order valence-corrected chi connectivity index (χ0v) is 22.6. The predicted octanol–water partition coefficient (Wildman–Crippen LogP) is 6.77. The Balaban J connectivity index is 1.72. The molecule has 0 saturated heterocycles. The molecule has 2 atom stereocenters. The minimum absolute atomic E-state index is 0.0617. The van der Waals surface area contributed by atoms with E-state index in [2.05, 4.69) is 4.98 Å². The summed E-state index contributed by atoms with van der Waals surface area (Å²) in [5, 5.41) is 10.4. The number of aromatic carboxylic acids is 1. The van der Waals surface area contributed by atoms with E-state index < -0.39 is 23.5 Å². The second-order valence-electron chi connectivity index (χ2n) is 10.7. The maximum absolute atomic E-state index is 16.3. The molecule has 204 valence electrons. The van der Waals surface area contributed by atoms with E-state index in [0.29, 0.717) is 34.6 Å². The second-order valence-corrected chi connectivity index (χ2v) is 10.7. The fourth-order valence-corrected chi connectivity index (χ4v) is 5.74. The van der Waals surface area contributed by atoms with Crippen molar-refractivity contribution in [2.24, 2.45) is 0 Å². The molecule has 2 N–H and O–H groups in total. The molecule has 0 amide bonds. The quantitative estimate of drug-likeness (QED) is 0.274. The SMILES string of the molecule is COc1cc(C(=O)O)ccc1-c1cc(F)c([C@@H]2c3[nH]c4ccccc4c3C[C@@H](C)N2CC(C)(C)F)c(OC)c1. The Morgan fingerprint density at radius 3 is 2.49 bits per heavy atom. The lowest BCUT2D eigenvalue weighted by molar-refractivity contribution is 0.0646. The largest absolute Gasteiger partial charge is 0.496 e. The van der Waals surface area contributed by atoms with Gasteiger partial charge in [0.2, 0.25) is 0 Å². The summed E-state index contributed by atoms with van der Waals surface area (Å²) < 4.78 is 42.7. The van der Waals surface area contributed by atoms with E-state index in [4.69, 9.17) is 9.47 Å². The number of fused-ring (bicyclic) bond motifs is 3. The van der Waals surface area contributed by atoms with Gasteiger partial charge >= 0.3 is 5.97 Å². The molecule has 6 nitrogen and oxygen atoms in total. The molecule has 8 heteroatoms. The average Bonchev–Trinajstić information content (AvgIpc) is 3.26. The molecule has 2 heterocycles. The summed E-state index contributed by atoms with van der Waals surface area (Å²) in [5.41, 5.74) is 2.72. The molecule has 0 fully saturated rings. The van der Waals surface area contributed by atoms with Gasteiger partial charge in [0.25, 0.3) is 0 Å². The molecule has 3 aromatic carbocycles. The number of nitrogens with zero attached hydrogens (tertiary/aromatic N) is 1. The molecule has 0 saturated carbocycles. The van der Waals surface area contributed by atoms with Gasteiger partial charge in [-0.05, 0) is 74.7 Å². The van der Waals surface area contributed by atoms with Crippen molar-refractivity contribution in [1.82, 2.24) is 9.88 Å². The number of carbonyl (C=O) groups is 1. The number of aromatic amines is 1. The maximum Gasteiger partial charge on any atom is 0.335 e. The van der Waals surface area contributed by atoms with E-state index in [1.165, 1.54) is 46.3 Å². The van der Waals surface area contributed by atoms with E-state index >= 15 is 8.78 Å². The number of nitrogens with one attached hydrogen (secondary N) is 1. The third-order valence-electron chi connectivity index (χ3n) is 7.42. The van der Waals surface area contributed by atoms with Crippen molar-refractivity contribution in [2.75, 3.05) is 20.8 Å². The van der Waals surface area contributed by atoms with Crippen LogP contribution in [-0.4, -0.2) is 53.4 Å². The van der Waals surface area contributed by atoms with Crippen LogP contribution >= 0.6 is 0 Å². The molecule has 1 aliphatic rings. The number of H-pyrrole nitrogens is 1. The van der Waals surface area contributed by atoms with Gasteiger partial charge in [-0.2, -0.15) is 0 Å². The lowest BCUT2D eigenvalue weighted by Gasteiger charge is -2.43. The Labute approximate surface area is 226 Å². The van der Waals surface area contributed by atoms with Gasteiger partial charge < -0.3 is 19.6 Å². The standard InChI is InChI=1S/C31H32F2N2O4/c1-17-12-22-21-8-6-7-9-24(21)34-28(22)29(35(17)16-31(2,3)33)27-23(32)13-19(15-26(27)39-5)20-11-10-18(30(36)37)14-25(20)38-4/h6-11,13-15,17,29,34H,12,16H2,1-5H3,(H,36,37)/t17-,29-/m1/s1. The first-order chi connectivity index (χ1) is 18.5. The minimum atomic E-state index is -1.51. The number of methoxy groups -OCH3 is 2. The van der Waals surface area contributed by atoms with Gasteiger partial charge in [-0.15, -0.1) is 0 Å². The van der Waals surface area contributed by atoms with E-state index in [1.807, 2.05) is 36.1 Å². The van der Waals surface area contributed by atoms with Gasteiger partial charge in [0.15, 0.2) is 0 Å². The molecule has 0 aliphatic carbocycles. The highest BCUT2D eigenvalue weighted by molar-refractivity contribution is 5.90. The van der Waals surface area contributed by atoms with Crippen molar-refractivity contribution in [3.8, 4) is 22.6 Å². The maximum atomic E-state index is 16.3. The lowest BCUT2D eigenvalue weighted by Crippen LogP contribution is -2.48. The van der Waals surface area contributed by atoms with Gasteiger partial charge in [0.05, 0.1) is 31.4 Å². The first-order valence-corrected chi connectivity index (χ1v) is 12.9. The summed E-state index contributed by atoms with van der Waals surface area (Å²) in [4.78, 5) is 16.9. The summed E-state index contributed by atoms with van der Waals surface area (Å²) >= 11 is 0. The van der Waals surface area contributed by atoms with Gasteiger partial charge in [0.1, 0.15) is 23.0 Å². The first-order valence-electron chi connectivity index (χ1n) is 12.9. The molecular formula is C31H32F2N2O4. The van der Waals surface area contributed by atoms with E-state index in [9.17, 15) is 9.90 Å². The van der Waals surface area contributed by atoms with Gasteiger partial charge in [-0.1, -0.05) is 18.2 Å². The fraction of sp³-hybridized carbons (Fsp3) is 0.323. The van der Waals surface area contributed by atoms with Crippen molar-refractivity contribution < 1.29 is 28.2 Å². The monoisotopic (exact) mass is 534 g/mol.